The van der Waals surface area contributed by atoms with Gasteiger partial charge in [0.1, 0.15) is 42.7 Å². The molecule has 12 nitrogen and oxygen atoms in total. The minimum absolute atomic E-state index is 0.101. The van der Waals surface area contributed by atoms with E-state index in [9.17, 15) is 0 Å². The van der Waals surface area contributed by atoms with Crippen molar-refractivity contribution in [2.75, 3.05) is 33.4 Å². The summed E-state index contributed by atoms with van der Waals surface area (Å²) in [6.07, 6.45) is -8.56. The lowest BCUT2D eigenvalue weighted by Crippen LogP contribution is -2.66. The second-order valence-electron chi connectivity index (χ2n) is 18.0. The van der Waals surface area contributed by atoms with E-state index in [0.717, 1.165) is 33.4 Å². The molecule has 8 rings (SSSR count). The van der Waals surface area contributed by atoms with Crippen LogP contribution in [0.4, 0.5) is 0 Å². The van der Waals surface area contributed by atoms with Gasteiger partial charge in [-0.2, -0.15) is 0 Å². The molecule has 6 aromatic carbocycles. The van der Waals surface area contributed by atoms with Crippen molar-refractivity contribution < 1.29 is 52.1 Å². The summed E-state index contributed by atoms with van der Waals surface area (Å²) in [5, 5.41) is 0.316. The van der Waals surface area contributed by atoms with Crippen LogP contribution in [0.1, 0.15) is 47.2 Å². The smallest absolute Gasteiger partial charge is 0.259 e. The van der Waals surface area contributed by atoms with Crippen LogP contribution in [0.3, 0.4) is 0 Å². The van der Waals surface area contributed by atoms with Gasteiger partial charge >= 0.3 is 0 Å². The molecule has 0 radical (unpaired) electrons. The highest BCUT2D eigenvalue weighted by atomic mass is 32.1. The Morgan fingerprint density at radius 3 is 1.10 bits per heavy atom. The van der Waals surface area contributed by atoms with E-state index in [1.54, 1.807) is 7.11 Å². The van der Waals surface area contributed by atoms with Gasteiger partial charge in [-0.05, 0) is 59.4 Å². The van der Waals surface area contributed by atoms with Gasteiger partial charge in [0.2, 0.25) is 0 Å². The molecule has 2 saturated heterocycles. The molecule has 0 saturated carbocycles. The minimum atomic E-state index is -1.13. The fourth-order valence-electron chi connectivity index (χ4n) is 8.99. The van der Waals surface area contributed by atoms with Gasteiger partial charge in [-0.25, -0.2) is 0 Å². The van der Waals surface area contributed by atoms with Gasteiger partial charge < -0.3 is 57.0 Å². The zero-order chi connectivity index (χ0) is 50.5. The van der Waals surface area contributed by atoms with Gasteiger partial charge in [0.25, 0.3) is 5.17 Å². The highest BCUT2D eigenvalue weighted by molar-refractivity contribution is 7.80. The van der Waals surface area contributed by atoms with E-state index in [4.69, 9.17) is 64.3 Å². The number of nitrogens with zero attached hydrogens (tertiary/aromatic N) is 1. The van der Waals surface area contributed by atoms with Crippen LogP contribution in [0.5, 0.6) is 0 Å². The maximum absolute atomic E-state index is 7.50. The Kier molecular flexibility index (Phi) is 21.3. The molecule has 2 heterocycles. The van der Waals surface area contributed by atoms with Gasteiger partial charge in [-0.1, -0.05) is 182 Å². The van der Waals surface area contributed by atoms with Crippen molar-refractivity contribution in [3.05, 3.63) is 215 Å². The largest absolute Gasteiger partial charge is 0.462 e. The topological polar surface area (TPSA) is 105 Å². The quantitative estimate of drug-likeness (QED) is 0.0482. The number of thiocarbonyl (C=S) groups is 1. The number of hydrogen-bond donors (Lipinski definition) is 0. The number of rotatable bonds is 26. The summed E-state index contributed by atoms with van der Waals surface area (Å²) in [6, 6.07) is 60.0. The first-order chi connectivity index (χ1) is 36.0. The van der Waals surface area contributed by atoms with Crippen LogP contribution in [0, 0.1) is 0 Å². The third-order valence-electron chi connectivity index (χ3n) is 12.9. The molecular weight excluding hydrogens is 943 g/mol. The summed E-state index contributed by atoms with van der Waals surface area (Å²) in [6.45, 7) is 7.18. The van der Waals surface area contributed by atoms with E-state index >= 15 is 0 Å². The molecule has 0 amide bonds. The van der Waals surface area contributed by atoms with Crippen molar-refractivity contribution in [2.24, 2.45) is 0 Å². The molecule has 0 bridgehead atoms. The second-order valence-corrected chi connectivity index (χ2v) is 18.3. The maximum atomic E-state index is 7.50. The first-order valence-corrected chi connectivity index (χ1v) is 25.7. The zero-order valence-electron chi connectivity index (χ0n) is 42.0. The lowest BCUT2D eigenvalue weighted by Gasteiger charge is -2.50. The van der Waals surface area contributed by atoms with Gasteiger partial charge in [0.15, 0.2) is 18.7 Å². The standard InChI is InChI=1S/C60H69NO11S/c1-4-61(5-2)60(73)72-53-51(43-64-37-45-26-14-7-15-27-45)70-59(57(68-41-49-34-22-11-23-35-49)55(53)66-39-47-30-18-9-19-31-47)71-52-50(42-63-36-44-24-12-6-13-25-44)69-58(62-3)56(67-40-48-32-20-10-21-33-48)54(52)65-38-46-28-16-8-17-29-46/h6-35,50-59H,4-5,36-43H2,1-3H3/t50-,51-,52-,53+,54+,55+,56-,57-,58+,59-/m1/s1. The predicted molar refractivity (Wildman–Crippen MR) is 282 cm³/mol. The van der Waals surface area contributed by atoms with Gasteiger partial charge in [-0.15, -0.1) is 0 Å². The monoisotopic (exact) mass is 1010 g/mol. The first-order valence-electron chi connectivity index (χ1n) is 25.3. The van der Waals surface area contributed by atoms with Gasteiger partial charge in [0, 0.05) is 20.2 Å². The predicted octanol–water partition coefficient (Wildman–Crippen LogP) is 10.3. The molecule has 10 atom stereocenters. The fraction of sp³-hybridized carbons (Fsp3) is 0.383. The Labute approximate surface area is 436 Å². The van der Waals surface area contributed by atoms with Gasteiger partial charge in [-0.3, -0.25) is 0 Å². The summed E-state index contributed by atoms with van der Waals surface area (Å²) < 4.78 is 75.7. The number of ether oxygens (including phenoxy) is 11. The zero-order valence-corrected chi connectivity index (χ0v) is 42.8. The highest BCUT2D eigenvalue weighted by Crippen LogP contribution is 2.37. The first kappa shape index (κ1) is 53.9. The molecule has 2 fully saturated rings. The van der Waals surface area contributed by atoms with Crippen molar-refractivity contribution in [1.29, 1.82) is 0 Å². The molecule has 0 aromatic heterocycles. The van der Waals surface area contributed by atoms with Gasteiger partial charge in [0.05, 0.1) is 52.9 Å². The van der Waals surface area contributed by atoms with E-state index in [0.29, 0.717) is 31.5 Å². The minimum Gasteiger partial charge on any atom is -0.462 e. The van der Waals surface area contributed by atoms with Crippen LogP contribution in [0.25, 0.3) is 0 Å². The highest BCUT2D eigenvalue weighted by Gasteiger charge is 2.55. The molecular formula is C60H69NO11S. The van der Waals surface area contributed by atoms with Crippen LogP contribution in [0.2, 0.25) is 0 Å². The average Bonchev–Trinajstić information content (AvgIpc) is 3.44. The van der Waals surface area contributed by atoms with Crippen molar-refractivity contribution in [3.63, 3.8) is 0 Å². The Morgan fingerprint density at radius 1 is 0.411 bits per heavy atom. The summed E-state index contributed by atoms with van der Waals surface area (Å²) in [5.74, 6) is 0. The average molecular weight is 1010 g/mol. The summed E-state index contributed by atoms with van der Waals surface area (Å²) in [4.78, 5) is 1.99. The molecule has 0 N–H and O–H groups in total. The van der Waals surface area contributed by atoms with Crippen LogP contribution >= 0.6 is 12.2 Å². The Hall–Kier alpha value is -5.39. The second kappa shape index (κ2) is 28.9. The Balaban J connectivity index is 1.21. The number of benzene rings is 6. The van der Waals surface area contributed by atoms with E-state index in [1.165, 1.54) is 0 Å². The summed E-state index contributed by atoms with van der Waals surface area (Å²) in [5.41, 5.74) is 5.86. The molecule has 73 heavy (non-hydrogen) atoms. The van der Waals surface area contributed by atoms with Crippen LogP contribution in [-0.2, 0) is 91.7 Å². The lowest BCUT2D eigenvalue weighted by atomic mass is 9.95. The molecule has 0 unspecified atom stereocenters. The van der Waals surface area contributed by atoms with Crippen LogP contribution in [0.15, 0.2) is 182 Å². The molecule has 0 aliphatic carbocycles. The number of hydrogen-bond acceptors (Lipinski definition) is 12. The van der Waals surface area contributed by atoms with Crippen molar-refractivity contribution >= 4 is 17.4 Å². The fourth-order valence-corrected chi connectivity index (χ4v) is 9.36. The summed E-state index contributed by atoms with van der Waals surface area (Å²) in [7, 11) is 1.61. The molecule has 2 aliphatic heterocycles. The molecule has 6 aromatic rings. The molecule has 386 valence electrons. The third kappa shape index (κ3) is 15.8. The van der Waals surface area contributed by atoms with E-state index in [2.05, 4.69) is 0 Å². The molecule has 13 heteroatoms. The normalized spacial score (nSPS) is 23.9. The Morgan fingerprint density at radius 2 is 0.726 bits per heavy atom. The van der Waals surface area contributed by atoms with E-state index in [-0.39, 0.29) is 39.6 Å². The van der Waals surface area contributed by atoms with Crippen LogP contribution in [-0.4, -0.2) is 105 Å². The van der Waals surface area contributed by atoms with Crippen molar-refractivity contribution in [1.82, 2.24) is 4.90 Å². The SMILES string of the molecule is CCN(CC)C(=S)O[C@@H]1[C@H](OCc2ccccc2)[C@@H](OCc2ccccc2)[C@@H](O[C@H]2[C@H](OCc3ccccc3)[C@@H](OCc3ccccc3)[C@@H](OC)O[C@@H]2COCc2ccccc2)O[C@@H]1COCc1ccccc1. The van der Waals surface area contributed by atoms with E-state index in [1.807, 2.05) is 201 Å². The van der Waals surface area contributed by atoms with E-state index < -0.39 is 61.4 Å². The summed E-state index contributed by atoms with van der Waals surface area (Å²) >= 11 is 6.05. The number of methoxy groups -OCH3 is 1. The third-order valence-corrected chi connectivity index (χ3v) is 13.2. The Bertz CT molecular complexity index is 2440. The molecule has 2 aliphatic rings. The molecule has 0 spiro atoms. The maximum Gasteiger partial charge on any atom is 0.259 e. The lowest BCUT2D eigenvalue weighted by molar-refractivity contribution is -0.373. The van der Waals surface area contributed by atoms with Crippen molar-refractivity contribution in [2.45, 2.75) is 115 Å². The van der Waals surface area contributed by atoms with Crippen LogP contribution < -0.4 is 0 Å². The van der Waals surface area contributed by atoms with Crippen molar-refractivity contribution in [3.8, 4) is 0 Å².